The van der Waals surface area contributed by atoms with Crippen LogP contribution < -0.4 is 9.47 Å². The van der Waals surface area contributed by atoms with Crippen molar-refractivity contribution in [2.75, 3.05) is 40.8 Å². The largest absolute Gasteiger partial charge is 0.490 e. The zero-order chi connectivity index (χ0) is 36.5. The molecule has 13 nitrogen and oxygen atoms in total. The molecule has 2 aliphatic heterocycles. The molecule has 274 valence electrons. The highest BCUT2D eigenvalue weighted by molar-refractivity contribution is 7.16. The first-order chi connectivity index (χ1) is 24.2. The lowest BCUT2D eigenvalue weighted by Crippen LogP contribution is -2.44. The van der Waals surface area contributed by atoms with Crippen LogP contribution in [-0.4, -0.2) is 107 Å². The van der Waals surface area contributed by atoms with Gasteiger partial charge in [0, 0.05) is 68.6 Å². The van der Waals surface area contributed by atoms with E-state index >= 15 is 0 Å². The molecule has 3 atom stereocenters. The van der Waals surface area contributed by atoms with Crippen LogP contribution in [0.4, 0.5) is 9.80 Å². The number of hydrogen-bond donors (Lipinski definition) is 0. The number of aliphatic imine (C=N–C) groups is 1. The molecule has 14 heteroatoms. The standard InChI is InChI=1S/C37H50N8O5S/c1-23(28-11-10-16-44(28)8)47-30-20-25(48-24-13-17-45(18-14-24)35(46)49-36(2,3)4)19-27(40-30)32-41-34(50-42-32)37(5)15-9-12-29-31(37)26(21-38)33(51-29)39-22-43(6)7/h19-20,22-24,28H,9-18H2,1-8H3/t23-,28-,37-/m0/s1. The minimum atomic E-state index is -0.663. The number of nitrogens with zero attached hydrogens (tertiary/aromatic N) is 8. The Labute approximate surface area is 304 Å². The Morgan fingerprint density at radius 1 is 1.20 bits per heavy atom. The Kier molecular flexibility index (Phi) is 10.6. The van der Waals surface area contributed by atoms with Gasteiger partial charge in [-0.25, -0.2) is 14.8 Å². The maximum atomic E-state index is 12.6. The molecule has 0 radical (unpaired) electrons. The average molecular weight is 719 g/mol. The van der Waals surface area contributed by atoms with Gasteiger partial charge in [-0.2, -0.15) is 10.2 Å². The van der Waals surface area contributed by atoms with Crippen molar-refractivity contribution in [3.05, 3.63) is 34.0 Å². The molecule has 5 heterocycles. The van der Waals surface area contributed by atoms with Gasteiger partial charge in [-0.3, -0.25) is 4.90 Å². The highest BCUT2D eigenvalue weighted by atomic mass is 32.1. The van der Waals surface area contributed by atoms with E-state index in [0.29, 0.717) is 65.5 Å². The number of carbonyl (C=O) groups excluding carboxylic acids is 1. The number of thiophene rings is 1. The fraction of sp³-hybridized carbons (Fsp3) is 0.622. The molecule has 1 amide bonds. The molecular formula is C37H50N8O5S. The summed E-state index contributed by atoms with van der Waals surface area (Å²) in [5.41, 5.74) is 0.739. The van der Waals surface area contributed by atoms with Crippen LogP contribution in [-0.2, 0) is 16.6 Å². The van der Waals surface area contributed by atoms with Crippen LogP contribution >= 0.6 is 11.3 Å². The van der Waals surface area contributed by atoms with Gasteiger partial charge in [0.25, 0.3) is 0 Å². The molecule has 3 aromatic heterocycles. The molecule has 0 saturated carbocycles. The second-order valence-electron chi connectivity index (χ2n) is 15.3. The quantitative estimate of drug-likeness (QED) is 0.175. The number of pyridine rings is 1. The second-order valence-corrected chi connectivity index (χ2v) is 16.4. The smallest absolute Gasteiger partial charge is 0.410 e. The van der Waals surface area contributed by atoms with Gasteiger partial charge in [0.1, 0.15) is 40.3 Å². The van der Waals surface area contributed by atoms with E-state index in [1.807, 2.05) is 51.9 Å². The van der Waals surface area contributed by atoms with Gasteiger partial charge in [0.05, 0.1) is 17.3 Å². The predicted octanol–water partition coefficient (Wildman–Crippen LogP) is 6.57. The van der Waals surface area contributed by atoms with Crippen molar-refractivity contribution < 1.29 is 23.5 Å². The molecule has 2 fully saturated rings. The third-order valence-corrected chi connectivity index (χ3v) is 11.0. The van der Waals surface area contributed by atoms with Crippen molar-refractivity contribution in [1.82, 2.24) is 29.8 Å². The molecule has 0 aromatic carbocycles. The first-order valence-corrected chi connectivity index (χ1v) is 18.7. The molecule has 0 bridgehead atoms. The van der Waals surface area contributed by atoms with Crippen molar-refractivity contribution in [2.24, 2.45) is 4.99 Å². The molecule has 0 N–H and O–H groups in total. The zero-order valence-corrected chi connectivity index (χ0v) is 31.9. The Bertz CT molecular complexity index is 1780. The summed E-state index contributed by atoms with van der Waals surface area (Å²) in [6.45, 7) is 11.9. The van der Waals surface area contributed by atoms with Crippen LogP contribution in [0, 0.1) is 11.3 Å². The fourth-order valence-corrected chi connectivity index (χ4v) is 8.54. The molecule has 0 unspecified atom stereocenters. The number of aryl methyl sites for hydroxylation is 1. The van der Waals surface area contributed by atoms with Crippen LogP contribution in [0.1, 0.15) is 95.0 Å². The lowest BCUT2D eigenvalue weighted by Gasteiger charge is -2.33. The van der Waals surface area contributed by atoms with Crippen LogP contribution in [0.2, 0.25) is 0 Å². The normalized spacial score (nSPS) is 22.1. The predicted molar refractivity (Wildman–Crippen MR) is 195 cm³/mol. The van der Waals surface area contributed by atoms with Crippen molar-refractivity contribution >= 4 is 28.8 Å². The van der Waals surface area contributed by atoms with Gasteiger partial charge in [-0.05, 0) is 80.3 Å². The van der Waals surface area contributed by atoms with Gasteiger partial charge < -0.3 is 28.5 Å². The van der Waals surface area contributed by atoms with E-state index in [1.54, 1.807) is 22.6 Å². The van der Waals surface area contributed by atoms with E-state index in [1.165, 1.54) is 0 Å². The Morgan fingerprint density at radius 3 is 2.63 bits per heavy atom. The van der Waals surface area contributed by atoms with Crippen LogP contribution in [0.5, 0.6) is 11.6 Å². The van der Waals surface area contributed by atoms with Crippen molar-refractivity contribution in [3.63, 3.8) is 0 Å². The van der Waals surface area contributed by atoms with Crippen molar-refractivity contribution in [1.29, 1.82) is 5.26 Å². The average Bonchev–Trinajstić information content (AvgIpc) is 3.82. The number of ether oxygens (including phenoxy) is 3. The lowest BCUT2D eigenvalue weighted by molar-refractivity contribution is 0.0126. The molecule has 2 saturated heterocycles. The zero-order valence-electron chi connectivity index (χ0n) is 31.1. The highest BCUT2D eigenvalue weighted by Gasteiger charge is 2.43. The highest BCUT2D eigenvalue weighted by Crippen LogP contribution is 2.50. The number of hydrogen-bond acceptors (Lipinski definition) is 12. The molecule has 51 heavy (non-hydrogen) atoms. The number of piperidine rings is 1. The van der Waals surface area contributed by atoms with Crippen molar-refractivity contribution in [2.45, 2.75) is 109 Å². The summed E-state index contributed by atoms with van der Waals surface area (Å²) in [4.78, 5) is 34.1. The molecular weight excluding hydrogens is 669 g/mol. The van der Waals surface area contributed by atoms with E-state index in [0.717, 1.165) is 49.1 Å². The minimum Gasteiger partial charge on any atom is -0.490 e. The third kappa shape index (κ3) is 8.15. The third-order valence-electron chi connectivity index (χ3n) is 9.84. The van der Waals surface area contributed by atoms with Crippen LogP contribution in [0.25, 0.3) is 11.5 Å². The summed E-state index contributed by atoms with van der Waals surface area (Å²) in [7, 11) is 5.93. The SMILES string of the molecule is C[C@H](Oc1cc(OC2CCN(C(=O)OC(C)(C)C)CC2)cc(-c2noc([C@@]3(C)CCCc4sc(N=CN(C)C)c(C#N)c43)n2)n1)[C@@H]1CCCN1C. The van der Waals surface area contributed by atoms with E-state index < -0.39 is 11.0 Å². The number of rotatable bonds is 9. The number of likely N-dealkylation sites (tertiary alicyclic amines) is 2. The van der Waals surface area contributed by atoms with Crippen molar-refractivity contribution in [3.8, 4) is 29.2 Å². The van der Waals surface area contributed by atoms with Gasteiger partial charge in [0.2, 0.25) is 17.6 Å². The van der Waals surface area contributed by atoms with Gasteiger partial charge >= 0.3 is 6.09 Å². The number of likely N-dealkylation sites (N-methyl/N-ethyl adjacent to an activating group) is 1. The van der Waals surface area contributed by atoms with Gasteiger partial charge in [0.15, 0.2) is 0 Å². The van der Waals surface area contributed by atoms with E-state index in [9.17, 15) is 10.1 Å². The van der Waals surface area contributed by atoms with Crippen LogP contribution in [0.3, 0.4) is 0 Å². The number of nitriles is 1. The Balaban J connectivity index is 1.28. The van der Waals surface area contributed by atoms with E-state index in [-0.39, 0.29) is 24.3 Å². The molecule has 6 rings (SSSR count). The monoisotopic (exact) mass is 718 g/mol. The summed E-state index contributed by atoms with van der Waals surface area (Å²) in [6, 6.07) is 6.34. The first-order valence-electron chi connectivity index (χ1n) is 17.9. The molecule has 0 spiro atoms. The number of fused-ring (bicyclic) bond motifs is 1. The maximum Gasteiger partial charge on any atom is 0.410 e. The minimum absolute atomic E-state index is 0.0992. The maximum absolute atomic E-state index is 12.6. The van der Waals surface area contributed by atoms with Gasteiger partial charge in [-0.15, -0.1) is 11.3 Å². The van der Waals surface area contributed by atoms with Crippen LogP contribution in [0.15, 0.2) is 21.6 Å². The van der Waals surface area contributed by atoms with Gasteiger partial charge in [-0.1, -0.05) is 5.16 Å². The number of aromatic nitrogens is 3. The summed E-state index contributed by atoms with van der Waals surface area (Å²) in [5, 5.41) is 15.4. The lowest BCUT2D eigenvalue weighted by atomic mass is 9.72. The molecule has 1 aliphatic carbocycles. The fourth-order valence-electron chi connectivity index (χ4n) is 7.28. The second kappa shape index (κ2) is 14.8. The molecule has 3 aliphatic rings. The summed E-state index contributed by atoms with van der Waals surface area (Å²) in [6.07, 6.45) is 7.25. The number of amides is 1. The van der Waals surface area contributed by atoms with E-state index in [2.05, 4.69) is 42.0 Å². The van der Waals surface area contributed by atoms with E-state index in [4.69, 9.17) is 28.7 Å². The topological polar surface area (TPSA) is 142 Å². The first kappa shape index (κ1) is 36.6. The molecule has 3 aromatic rings. The summed E-state index contributed by atoms with van der Waals surface area (Å²) < 4.78 is 24.6. The Hall–Kier alpha value is -4.22. The summed E-state index contributed by atoms with van der Waals surface area (Å²) in [5.74, 6) is 1.76. The Morgan fingerprint density at radius 2 is 1.96 bits per heavy atom. The summed E-state index contributed by atoms with van der Waals surface area (Å²) >= 11 is 1.55. The number of carbonyl (C=O) groups is 1.